The van der Waals surface area contributed by atoms with Crippen LogP contribution in [0, 0.1) is 34.6 Å². The minimum atomic E-state index is -0.375. The van der Waals surface area contributed by atoms with Crippen molar-refractivity contribution in [1.29, 1.82) is 0 Å². The van der Waals surface area contributed by atoms with E-state index in [4.69, 9.17) is 24.9 Å². The molecule has 5 aliphatic heterocycles. The molecular weight excluding hydrogens is 1660 g/mol. The summed E-state index contributed by atoms with van der Waals surface area (Å²) in [5.74, 6) is 0. The molecule has 0 radical (unpaired) electrons. The second-order valence-electron chi connectivity index (χ2n) is 37.2. The molecule has 0 atom stereocenters. The lowest BCUT2D eigenvalue weighted by Gasteiger charge is -2.39. The highest BCUT2D eigenvalue weighted by Gasteiger charge is 2.47. The summed E-state index contributed by atoms with van der Waals surface area (Å²) >= 11 is 7.68. The van der Waals surface area contributed by atoms with Gasteiger partial charge in [-0.2, -0.15) is 0 Å². The van der Waals surface area contributed by atoms with Gasteiger partial charge in [-0.25, -0.2) is 24.9 Å². The first kappa shape index (κ1) is 78.8. The highest BCUT2D eigenvalue weighted by Crippen LogP contribution is 2.61. The van der Waals surface area contributed by atoms with Crippen molar-refractivity contribution in [2.45, 2.75) is 127 Å². The molecule has 14 aromatic carbocycles. The summed E-state index contributed by atoms with van der Waals surface area (Å²) < 4.78 is 11.3. The molecule has 0 saturated carbocycles. The van der Waals surface area contributed by atoms with Crippen LogP contribution in [0.3, 0.4) is 0 Å². The molecule has 0 spiro atoms. The van der Waals surface area contributed by atoms with Crippen LogP contribution in [0.2, 0.25) is 0 Å². The molecule has 628 valence electrons. The fourth-order valence-electron chi connectivity index (χ4n) is 22.5. The third-order valence-electron chi connectivity index (χ3n) is 28.3. The molecule has 0 amide bonds. The van der Waals surface area contributed by atoms with E-state index in [1.807, 2.05) is 53.2 Å². The lowest BCUT2D eigenvalue weighted by Crippen LogP contribution is -2.29. The molecule has 0 saturated heterocycles. The first-order chi connectivity index (χ1) is 63.3. The van der Waals surface area contributed by atoms with Crippen LogP contribution >= 0.6 is 47.0 Å². The van der Waals surface area contributed by atoms with Crippen molar-refractivity contribution in [3.63, 3.8) is 0 Å². The highest BCUT2D eigenvalue weighted by molar-refractivity contribution is 8.01. The maximum atomic E-state index is 5.03. The molecule has 29 rings (SSSR count). The summed E-state index contributed by atoms with van der Waals surface area (Å²) in [5.41, 5.74) is 31.8. The normalized spacial score (nSPS) is 15.3. The van der Waals surface area contributed by atoms with Crippen LogP contribution in [0.4, 0.5) is 0 Å². The van der Waals surface area contributed by atoms with E-state index < -0.39 is 0 Å². The second kappa shape index (κ2) is 29.0. The van der Waals surface area contributed by atoms with E-state index in [9.17, 15) is 0 Å². The molecule has 10 aromatic heterocycles. The van der Waals surface area contributed by atoms with Gasteiger partial charge in [0.2, 0.25) is 0 Å². The SMILES string of the molecule is Cc1ccc2c3c1c1ccccc1c1ncc(n13)C(C)(C)S2.Cc1ccc2c3c1c1ccccc1c1ncc(n13)C(c1ccccc1)(c1ccccc1)S2.Cc1ccc2c3c1c1ccccc1c1ncc(n13)CC2(C)C.Cc1ccc2c3c1c1ccccc1c1ncc(n13)SC2(C)C.Cc1ccc2c3c1c1ccccc1c1ncc(n13)SC2(c1ccccc1)c1ccccc1. The maximum Gasteiger partial charge on any atom is 0.146 e. The Kier molecular flexibility index (Phi) is 17.6. The molecule has 130 heavy (non-hydrogen) atoms. The van der Waals surface area contributed by atoms with Gasteiger partial charge in [0.05, 0.1) is 73.3 Å². The van der Waals surface area contributed by atoms with Gasteiger partial charge in [0.1, 0.15) is 43.0 Å². The zero-order valence-electron chi connectivity index (χ0n) is 74.1. The summed E-state index contributed by atoms with van der Waals surface area (Å²) in [4.78, 5) is 26.9. The number of hydrogen-bond donors (Lipinski definition) is 0. The van der Waals surface area contributed by atoms with Crippen LogP contribution in [-0.4, -0.2) is 46.9 Å². The van der Waals surface area contributed by atoms with Gasteiger partial charge in [-0.05, 0) is 174 Å². The first-order valence-electron chi connectivity index (χ1n) is 44.9. The average molecular weight is 1750 g/mol. The summed E-state index contributed by atoms with van der Waals surface area (Å²) in [6, 6.07) is 110. The first-order valence-corrected chi connectivity index (χ1v) is 48.1. The highest BCUT2D eigenvalue weighted by atomic mass is 32.2. The minimum Gasteiger partial charge on any atom is -0.296 e. The standard InChI is InChI=1S/2C29H20N2S.C20H18N2.2C19H16N2S/c1-19-16-17-24-27-26(19)22-14-8-9-15-23(22)28-30-18-25(31(27)28)29(32-24,20-10-4-2-5-11-20)21-12-6-3-7-13-21;1-19-16-17-24-27-26(19)22-14-8-9-15-23(22)28-30-18-25(31(27)28)32-29(24,20-10-4-2-5-11-20)21-12-6-3-7-13-21;1-12-8-9-16-18-17(12)14-6-4-5-7-15(14)19-21-11-13(22(18)19)10-20(16,2)3;1-11-8-9-14-17-16(11)12-6-4-5-7-13(12)18-20-10-15(21(17)18)19(2,3)22-14;1-11-8-9-14-17-16(11)12-6-4-5-7-13(12)18-20-10-15(21(17)18)22-19(14,2)3/h2*2-18H,1H3;4-9,11H,10H2,1-3H3;2*4-10H,1-3H3. The van der Waals surface area contributed by atoms with Crippen molar-refractivity contribution in [1.82, 2.24) is 46.9 Å². The van der Waals surface area contributed by atoms with Crippen molar-refractivity contribution < 1.29 is 0 Å². The Hall–Kier alpha value is -13.5. The van der Waals surface area contributed by atoms with Crippen molar-refractivity contribution in [3.05, 3.63) is 418 Å². The molecule has 0 unspecified atom stereocenters. The summed E-state index contributed by atoms with van der Waals surface area (Å²) in [5, 5.41) is 21.8. The molecule has 5 aliphatic rings. The fourth-order valence-corrected chi connectivity index (χ4v) is 27.9. The monoisotopic (exact) mass is 1750 g/mol. The third-order valence-corrected chi connectivity index (χ3v) is 33.8. The van der Waals surface area contributed by atoms with E-state index in [1.54, 1.807) is 0 Å². The van der Waals surface area contributed by atoms with Crippen LogP contribution in [-0.2, 0) is 30.8 Å². The van der Waals surface area contributed by atoms with Crippen molar-refractivity contribution in [2.24, 2.45) is 0 Å². The van der Waals surface area contributed by atoms with Gasteiger partial charge in [0.15, 0.2) is 0 Å². The zero-order chi connectivity index (χ0) is 87.8. The summed E-state index contributed by atoms with van der Waals surface area (Å²) in [6.45, 7) is 24.9. The van der Waals surface area contributed by atoms with E-state index in [-0.39, 0.29) is 24.4 Å². The lowest BCUT2D eigenvalue weighted by atomic mass is 9.77. The molecule has 24 aromatic rings. The molecule has 0 fully saturated rings. The number of rotatable bonds is 4. The van der Waals surface area contributed by atoms with Crippen LogP contribution in [0.15, 0.2) is 354 Å². The molecule has 0 N–H and O–H groups in total. The molecule has 0 aliphatic carbocycles. The van der Waals surface area contributed by atoms with Crippen LogP contribution in [0.5, 0.6) is 0 Å². The summed E-state index contributed by atoms with van der Waals surface area (Å²) in [6.07, 6.45) is 11.3. The van der Waals surface area contributed by atoms with Crippen LogP contribution in [0.1, 0.15) is 125 Å². The quantitative estimate of drug-likeness (QED) is 0.160. The van der Waals surface area contributed by atoms with Crippen LogP contribution in [0.25, 0.3) is 137 Å². The number of nitrogens with zero attached hydrogens (tertiary/aromatic N) is 10. The Morgan fingerprint density at radius 3 is 0.985 bits per heavy atom. The third kappa shape index (κ3) is 11.2. The summed E-state index contributed by atoms with van der Waals surface area (Å²) in [7, 11) is 0. The largest absolute Gasteiger partial charge is 0.296 e. The fraction of sp³-hybridized carbons (Fsp3) is 0.147. The van der Waals surface area contributed by atoms with E-state index in [0.29, 0.717) is 0 Å². The predicted octanol–water partition coefficient (Wildman–Crippen LogP) is 30.1. The van der Waals surface area contributed by atoms with Gasteiger partial charge in [0, 0.05) is 85.9 Å². The molecule has 14 heteroatoms. The number of imidazole rings is 5. The topological polar surface area (TPSA) is 86.5 Å². The average Bonchev–Trinajstić information content (AvgIpc) is 1.14. The molecule has 15 heterocycles. The van der Waals surface area contributed by atoms with Crippen molar-refractivity contribution >= 4 is 184 Å². The van der Waals surface area contributed by atoms with E-state index in [0.717, 1.165) is 34.7 Å². The minimum absolute atomic E-state index is 0.0388. The smallest absolute Gasteiger partial charge is 0.146 e. The number of benzene rings is 14. The van der Waals surface area contributed by atoms with E-state index >= 15 is 0 Å². The van der Waals surface area contributed by atoms with Gasteiger partial charge in [-0.3, -0.25) is 22.0 Å². The van der Waals surface area contributed by atoms with Crippen molar-refractivity contribution in [3.8, 4) is 0 Å². The second-order valence-corrected chi connectivity index (χ2v) is 43.0. The number of thioether (sulfide) groups is 4. The number of aromatic nitrogens is 10. The van der Waals surface area contributed by atoms with E-state index in [2.05, 4.69) is 426 Å². The number of hydrogen-bond acceptors (Lipinski definition) is 9. The maximum absolute atomic E-state index is 5.03. The Morgan fingerprint density at radius 2 is 0.546 bits per heavy atom. The molecular formula is C116H90N10S4. The Labute approximate surface area is 769 Å². The van der Waals surface area contributed by atoms with Gasteiger partial charge in [-0.1, -0.05) is 329 Å². The van der Waals surface area contributed by atoms with Gasteiger partial charge in [0.25, 0.3) is 0 Å². The van der Waals surface area contributed by atoms with E-state index in [1.165, 1.54) is 212 Å². The van der Waals surface area contributed by atoms with Gasteiger partial charge < -0.3 is 0 Å². The van der Waals surface area contributed by atoms with Gasteiger partial charge in [-0.15, -0.1) is 23.5 Å². The van der Waals surface area contributed by atoms with Crippen LogP contribution < -0.4 is 0 Å². The number of pyridine rings is 5. The zero-order valence-corrected chi connectivity index (χ0v) is 77.3. The Morgan fingerprint density at radius 1 is 0.238 bits per heavy atom. The number of aryl methyl sites for hydroxylation is 5. The van der Waals surface area contributed by atoms with Crippen molar-refractivity contribution in [2.75, 3.05) is 0 Å². The number of fused-ring (bicyclic) bond motifs is 15. The van der Waals surface area contributed by atoms with Gasteiger partial charge >= 0.3 is 0 Å². The predicted molar refractivity (Wildman–Crippen MR) is 546 cm³/mol. The lowest BCUT2D eigenvalue weighted by molar-refractivity contribution is 0.506. The molecule has 0 bridgehead atoms. The Balaban J connectivity index is 0.0000000887. The molecule has 10 nitrogen and oxygen atoms in total. The Bertz CT molecular complexity index is 8690.